The number of nitrogens with zero attached hydrogens (tertiary/aromatic N) is 3. The lowest BCUT2D eigenvalue weighted by atomic mass is 10.0. The van der Waals surface area contributed by atoms with Gasteiger partial charge in [0.05, 0.1) is 16.8 Å². The molecule has 0 atom stereocenters. The van der Waals surface area contributed by atoms with E-state index in [1.54, 1.807) is 0 Å². The van der Waals surface area contributed by atoms with Gasteiger partial charge in [-0.3, -0.25) is 0 Å². The Kier molecular flexibility index (Phi) is 3.87. The van der Waals surface area contributed by atoms with Crippen molar-refractivity contribution in [3.63, 3.8) is 0 Å². The predicted octanol–water partition coefficient (Wildman–Crippen LogP) is 5.81. The third-order valence-corrected chi connectivity index (χ3v) is 4.75. The average Bonchev–Trinajstić information content (AvgIpc) is 2.94. The van der Waals surface area contributed by atoms with Gasteiger partial charge in [0.1, 0.15) is 0 Å². The van der Waals surface area contributed by atoms with E-state index in [-0.39, 0.29) is 0 Å². The Hall–Kier alpha value is -2.17. The molecule has 4 aromatic rings. The summed E-state index contributed by atoms with van der Waals surface area (Å²) in [4.78, 5) is 4.57. The highest BCUT2D eigenvalue weighted by Crippen LogP contribution is 2.31. The zero-order chi connectivity index (χ0) is 16.7. The molecule has 2 aromatic carbocycles. The molecule has 2 heterocycles. The van der Waals surface area contributed by atoms with E-state index >= 15 is 0 Å². The summed E-state index contributed by atoms with van der Waals surface area (Å²) >= 11 is 9.48. The molecule has 0 saturated carbocycles. The quantitative estimate of drug-likeness (QED) is 0.426. The van der Waals surface area contributed by atoms with E-state index in [2.05, 4.69) is 20.9 Å². The fraction of sp³-hybridized carbons (Fsp3) is 0.0526. The Morgan fingerprint density at radius 3 is 2.38 bits per heavy atom. The van der Waals surface area contributed by atoms with Crippen LogP contribution in [-0.2, 0) is 0 Å². The van der Waals surface area contributed by atoms with Crippen molar-refractivity contribution in [3.8, 4) is 16.8 Å². The third kappa shape index (κ3) is 2.62. The van der Waals surface area contributed by atoms with Crippen LogP contribution in [0.25, 0.3) is 27.8 Å². The van der Waals surface area contributed by atoms with Gasteiger partial charge in [-0.1, -0.05) is 39.7 Å². The molecule has 0 aliphatic rings. The molecule has 0 aliphatic carbocycles. The maximum absolute atomic E-state index is 6.01. The maximum Gasteiger partial charge on any atom is 0.163 e. The van der Waals surface area contributed by atoms with Crippen LogP contribution >= 0.6 is 27.5 Å². The van der Waals surface area contributed by atoms with Crippen LogP contribution in [0.4, 0.5) is 0 Å². The molecular formula is C19H13BrClN3. The molecular weight excluding hydrogens is 386 g/mol. The summed E-state index contributed by atoms with van der Waals surface area (Å²) in [5.41, 5.74) is 4.99. The van der Waals surface area contributed by atoms with Crippen LogP contribution in [0.2, 0.25) is 5.02 Å². The molecule has 0 spiro atoms. The number of benzene rings is 2. The molecule has 2 aromatic heterocycles. The van der Waals surface area contributed by atoms with Gasteiger partial charge >= 0.3 is 0 Å². The lowest BCUT2D eigenvalue weighted by Gasteiger charge is -2.06. The zero-order valence-corrected chi connectivity index (χ0v) is 15.2. The highest BCUT2D eigenvalue weighted by atomic mass is 79.9. The first-order chi connectivity index (χ1) is 11.6. The summed E-state index contributed by atoms with van der Waals surface area (Å²) in [5, 5.41) is 6.49. The summed E-state index contributed by atoms with van der Waals surface area (Å²) in [6.07, 6.45) is 1.82. The fourth-order valence-electron chi connectivity index (χ4n) is 2.85. The molecule has 0 aliphatic heterocycles. The SMILES string of the molecule is Cc1nn(-c2ccc(Br)cc2)c2nccc(-c3ccc(Cl)cc3)c12. The molecule has 0 fully saturated rings. The minimum absolute atomic E-state index is 0.728. The van der Waals surface area contributed by atoms with E-state index in [0.717, 1.165) is 43.0 Å². The summed E-state index contributed by atoms with van der Waals surface area (Å²) in [5.74, 6) is 0. The first-order valence-electron chi connectivity index (χ1n) is 7.50. The Labute approximate surface area is 153 Å². The van der Waals surface area contributed by atoms with Crippen molar-refractivity contribution in [2.24, 2.45) is 0 Å². The lowest BCUT2D eigenvalue weighted by molar-refractivity contribution is 0.877. The molecule has 0 radical (unpaired) electrons. The number of hydrogen-bond acceptors (Lipinski definition) is 2. The van der Waals surface area contributed by atoms with E-state index in [1.165, 1.54) is 0 Å². The first-order valence-corrected chi connectivity index (χ1v) is 8.67. The first kappa shape index (κ1) is 15.4. The number of aryl methyl sites for hydroxylation is 1. The van der Waals surface area contributed by atoms with Crippen LogP contribution in [0.15, 0.2) is 65.3 Å². The Balaban J connectivity index is 1.95. The van der Waals surface area contributed by atoms with Gasteiger partial charge in [0.25, 0.3) is 0 Å². The topological polar surface area (TPSA) is 30.7 Å². The van der Waals surface area contributed by atoms with Gasteiger partial charge in [-0.2, -0.15) is 5.10 Å². The van der Waals surface area contributed by atoms with Crippen molar-refractivity contribution >= 4 is 38.6 Å². The number of halogens is 2. The Morgan fingerprint density at radius 2 is 1.67 bits per heavy atom. The van der Waals surface area contributed by atoms with Crippen molar-refractivity contribution in [2.75, 3.05) is 0 Å². The monoisotopic (exact) mass is 397 g/mol. The molecule has 24 heavy (non-hydrogen) atoms. The van der Waals surface area contributed by atoms with E-state index < -0.39 is 0 Å². The van der Waals surface area contributed by atoms with Crippen molar-refractivity contribution < 1.29 is 0 Å². The fourth-order valence-corrected chi connectivity index (χ4v) is 3.24. The van der Waals surface area contributed by atoms with E-state index in [9.17, 15) is 0 Å². The van der Waals surface area contributed by atoms with Gasteiger partial charge in [-0.05, 0) is 60.5 Å². The molecule has 0 N–H and O–H groups in total. The van der Waals surface area contributed by atoms with Crippen molar-refractivity contribution in [3.05, 3.63) is 76.0 Å². The van der Waals surface area contributed by atoms with Crippen LogP contribution in [0.1, 0.15) is 5.69 Å². The molecule has 0 unspecified atom stereocenters. The molecule has 0 amide bonds. The summed E-state index contributed by atoms with van der Waals surface area (Å²) in [6, 6.07) is 17.9. The highest BCUT2D eigenvalue weighted by molar-refractivity contribution is 9.10. The molecule has 118 valence electrons. The van der Waals surface area contributed by atoms with Gasteiger partial charge in [0.15, 0.2) is 5.65 Å². The van der Waals surface area contributed by atoms with E-state index in [4.69, 9.17) is 16.7 Å². The minimum Gasteiger partial charge on any atom is -0.236 e. The van der Waals surface area contributed by atoms with Gasteiger partial charge < -0.3 is 0 Å². The number of hydrogen-bond donors (Lipinski definition) is 0. The summed E-state index contributed by atoms with van der Waals surface area (Å²) < 4.78 is 2.92. The number of pyridine rings is 1. The second-order valence-electron chi connectivity index (χ2n) is 5.54. The van der Waals surface area contributed by atoms with Gasteiger partial charge in [-0.25, -0.2) is 9.67 Å². The second kappa shape index (κ2) is 6.04. The van der Waals surface area contributed by atoms with Crippen LogP contribution in [-0.4, -0.2) is 14.8 Å². The van der Waals surface area contributed by atoms with Gasteiger partial charge in [-0.15, -0.1) is 0 Å². The van der Waals surface area contributed by atoms with Crippen molar-refractivity contribution in [1.29, 1.82) is 0 Å². The molecule has 0 bridgehead atoms. The molecule has 4 rings (SSSR count). The smallest absolute Gasteiger partial charge is 0.163 e. The predicted molar refractivity (Wildman–Crippen MR) is 102 cm³/mol. The van der Waals surface area contributed by atoms with Crippen LogP contribution in [0.5, 0.6) is 0 Å². The van der Waals surface area contributed by atoms with Crippen LogP contribution in [0, 0.1) is 6.92 Å². The third-order valence-electron chi connectivity index (χ3n) is 3.97. The highest BCUT2D eigenvalue weighted by Gasteiger charge is 2.15. The number of rotatable bonds is 2. The van der Waals surface area contributed by atoms with Gasteiger partial charge in [0, 0.05) is 15.7 Å². The molecule has 3 nitrogen and oxygen atoms in total. The average molecular weight is 399 g/mol. The molecule has 0 saturated heterocycles. The largest absolute Gasteiger partial charge is 0.236 e. The zero-order valence-electron chi connectivity index (χ0n) is 12.9. The lowest BCUT2D eigenvalue weighted by Crippen LogP contribution is -1.97. The Bertz CT molecular complexity index is 1020. The number of fused-ring (bicyclic) bond motifs is 1. The van der Waals surface area contributed by atoms with E-state index in [0.29, 0.717) is 0 Å². The number of aromatic nitrogens is 3. The van der Waals surface area contributed by atoms with E-state index in [1.807, 2.05) is 72.4 Å². The molecule has 5 heteroatoms. The maximum atomic E-state index is 6.01. The second-order valence-corrected chi connectivity index (χ2v) is 6.89. The van der Waals surface area contributed by atoms with Gasteiger partial charge in [0.2, 0.25) is 0 Å². The van der Waals surface area contributed by atoms with Crippen LogP contribution in [0.3, 0.4) is 0 Å². The van der Waals surface area contributed by atoms with Crippen molar-refractivity contribution in [1.82, 2.24) is 14.8 Å². The van der Waals surface area contributed by atoms with Crippen LogP contribution < -0.4 is 0 Å². The standard InChI is InChI=1S/C19H13BrClN3/c1-12-18-17(13-2-6-15(21)7-3-13)10-11-22-19(18)24(23-12)16-8-4-14(20)5-9-16/h2-11H,1H3. The van der Waals surface area contributed by atoms with Crippen molar-refractivity contribution in [2.45, 2.75) is 6.92 Å². The Morgan fingerprint density at radius 1 is 0.958 bits per heavy atom. The summed E-state index contributed by atoms with van der Waals surface area (Å²) in [6.45, 7) is 2.01. The normalized spacial score (nSPS) is 11.1. The minimum atomic E-state index is 0.728. The summed E-state index contributed by atoms with van der Waals surface area (Å²) in [7, 11) is 0.